The van der Waals surface area contributed by atoms with E-state index in [2.05, 4.69) is 15.5 Å². The Morgan fingerprint density at radius 2 is 2.38 bits per heavy atom. The van der Waals surface area contributed by atoms with E-state index in [0.29, 0.717) is 5.02 Å². The highest BCUT2D eigenvalue weighted by molar-refractivity contribution is 6.35. The first-order valence-corrected chi connectivity index (χ1v) is 5.69. The van der Waals surface area contributed by atoms with Crippen LogP contribution in [0.1, 0.15) is 11.8 Å². The number of aromatic nitrogens is 2. The molecule has 2 N–H and O–H groups in total. The van der Waals surface area contributed by atoms with Gasteiger partial charge in [-0.1, -0.05) is 23.7 Å². The first-order chi connectivity index (χ1) is 7.86. The number of hydrogen-bond donors (Lipinski definition) is 2. The van der Waals surface area contributed by atoms with Gasteiger partial charge in [0.1, 0.15) is 11.6 Å². The van der Waals surface area contributed by atoms with Gasteiger partial charge in [0.05, 0.1) is 17.3 Å². The van der Waals surface area contributed by atoms with Crippen LogP contribution in [0.15, 0.2) is 18.2 Å². The molecule has 1 aromatic heterocycles. The molecule has 1 aliphatic rings. The summed E-state index contributed by atoms with van der Waals surface area (Å²) in [6, 6.07) is 5.78. The Morgan fingerprint density at radius 3 is 3.19 bits per heavy atom. The van der Waals surface area contributed by atoms with E-state index in [1.54, 1.807) is 0 Å². The minimum Gasteiger partial charge on any atom is -0.369 e. The third kappa shape index (κ3) is 1.59. The third-order valence-corrected chi connectivity index (χ3v) is 3.12. The van der Waals surface area contributed by atoms with E-state index in [9.17, 15) is 0 Å². The van der Waals surface area contributed by atoms with Gasteiger partial charge in [-0.3, -0.25) is 5.10 Å². The van der Waals surface area contributed by atoms with Gasteiger partial charge in [0.2, 0.25) is 0 Å². The average Bonchev–Trinajstić information content (AvgIpc) is 2.75. The molecule has 0 unspecified atom stereocenters. The molecule has 1 atom stereocenters. The molecule has 4 nitrogen and oxygen atoms in total. The van der Waals surface area contributed by atoms with Crippen LogP contribution in [0.3, 0.4) is 0 Å². The Labute approximate surface area is 97.9 Å². The quantitative estimate of drug-likeness (QED) is 0.796. The molecule has 0 amide bonds. The lowest BCUT2D eigenvalue weighted by atomic mass is 10.1. The van der Waals surface area contributed by atoms with Gasteiger partial charge in [0.25, 0.3) is 0 Å². The molecule has 2 aromatic rings. The molecule has 1 aliphatic heterocycles. The second-order valence-electron chi connectivity index (χ2n) is 3.84. The van der Waals surface area contributed by atoms with Crippen LogP contribution in [0.5, 0.6) is 0 Å². The fourth-order valence-corrected chi connectivity index (χ4v) is 2.24. The molecule has 1 aromatic carbocycles. The predicted octanol–water partition coefficient (Wildman–Crippen LogP) is 1.88. The van der Waals surface area contributed by atoms with Crippen molar-refractivity contribution >= 4 is 22.5 Å². The fraction of sp³-hybridized carbons (Fsp3) is 0.364. The van der Waals surface area contributed by atoms with E-state index in [1.807, 2.05) is 18.2 Å². The fourth-order valence-electron chi connectivity index (χ4n) is 2.02. The van der Waals surface area contributed by atoms with Crippen LogP contribution in [0, 0.1) is 0 Å². The zero-order chi connectivity index (χ0) is 11.0. The number of nitrogens with one attached hydrogen (secondary N) is 2. The second kappa shape index (κ2) is 4.05. The molecule has 2 heterocycles. The monoisotopic (exact) mass is 237 g/mol. The lowest BCUT2D eigenvalue weighted by molar-refractivity contribution is 0.0258. The SMILES string of the molecule is Clc1cccc2c([C@@H]3CNCCO3)[nH]nc12. The highest BCUT2D eigenvalue weighted by Gasteiger charge is 2.20. The highest BCUT2D eigenvalue weighted by atomic mass is 35.5. The molecule has 16 heavy (non-hydrogen) atoms. The van der Waals surface area contributed by atoms with Crippen molar-refractivity contribution in [1.82, 2.24) is 15.5 Å². The summed E-state index contributed by atoms with van der Waals surface area (Å²) in [4.78, 5) is 0. The Hall–Kier alpha value is -1.10. The smallest absolute Gasteiger partial charge is 0.112 e. The number of hydrogen-bond acceptors (Lipinski definition) is 3. The van der Waals surface area contributed by atoms with Crippen molar-refractivity contribution in [3.63, 3.8) is 0 Å². The predicted molar refractivity (Wildman–Crippen MR) is 62.7 cm³/mol. The lowest BCUT2D eigenvalue weighted by Crippen LogP contribution is -2.33. The molecular formula is C11H12ClN3O. The average molecular weight is 238 g/mol. The zero-order valence-electron chi connectivity index (χ0n) is 8.66. The minimum atomic E-state index is 0.0391. The number of aromatic amines is 1. The van der Waals surface area contributed by atoms with Gasteiger partial charge in [0, 0.05) is 18.5 Å². The maximum absolute atomic E-state index is 6.07. The summed E-state index contributed by atoms with van der Waals surface area (Å²) in [6.45, 7) is 2.44. The van der Waals surface area contributed by atoms with Crippen molar-refractivity contribution in [3.8, 4) is 0 Å². The van der Waals surface area contributed by atoms with Crippen LogP contribution in [-0.4, -0.2) is 29.9 Å². The van der Waals surface area contributed by atoms with E-state index in [4.69, 9.17) is 16.3 Å². The second-order valence-corrected chi connectivity index (χ2v) is 4.24. The third-order valence-electron chi connectivity index (χ3n) is 2.81. The minimum absolute atomic E-state index is 0.0391. The van der Waals surface area contributed by atoms with Gasteiger partial charge in [-0.15, -0.1) is 0 Å². The van der Waals surface area contributed by atoms with Crippen molar-refractivity contribution < 1.29 is 4.74 Å². The first kappa shape index (κ1) is 10.1. The molecule has 3 rings (SSSR count). The van der Waals surface area contributed by atoms with Crippen LogP contribution in [0.25, 0.3) is 10.9 Å². The van der Waals surface area contributed by atoms with Gasteiger partial charge >= 0.3 is 0 Å². The van der Waals surface area contributed by atoms with Crippen molar-refractivity contribution in [1.29, 1.82) is 0 Å². The van der Waals surface area contributed by atoms with E-state index in [0.717, 1.165) is 36.3 Å². The summed E-state index contributed by atoms with van der Waals surface area (Å²) < 4.78 is 5.69. The largest absolute Gasteiger partial charge is 0.369 e. The van der Waals surface area contributed by atoms with E-state index in [1.165, 1.54) is 0 Å². The van der Waals surface area contributed by atoms with Gasteiger partial charge in [-0.25, -0.2) is 0 Å². The van der Waals surface area contributed by atoms with Crippen molar-refractivity contribution in [2.24, 2.45) is 0 Å². The van der Waals surface area contributed by atoms with Crippen LogP contribution in [-0.2, 0) is 4.74 Å². The number of halogens is 1. The molecular weight excluding hydrogens is 226 g/mol. The Balaban J connectivity index is 2.06. The molecule has 5 heteroatoms. The summed E-state index contributed by atoms with van der Waals surface area (Å²) in [5.74, 6) is 0. The topological polar surface area (TPSA) is 49.9 Å². The Bertz CT molecular complexity index is 505. The summed E-state index contributed by atoms with van der Waals surface area (Å²) in [5, 5.41) is 12.3. The molecule has 1 saturated heterocycles. The molecule has 1 fully saturated rings. The highest BCUT2D eigenvalue weighted by Crippen LogP contribution is 2.28. The molecule has 0 spiro atoms. The maximum Gasteiger partial charge on any atom is 0.112 e. The Kier molecular flexibility index (Phi) is 2.55. The van der Waals surface area contributed by atoms with E-state index in [-0.39, 0.29) is 6.10 Å². The van der Waals surface area contributed by atoms with Crippen LogP contribution in [0.4, 0.5) is 0 Å². The number of ether oxygens (including phenoxy) is 1. The number of rotatable bonds is 1. The van der Waals surface area contributed by atoms with Crippen molar-refractivity contribution in [2.75, 3.05) is 19.7 Å². The van der Waals surface area contributed by atoms with Crippen molar-refractivity contribution in [2.45, 2.75) is 6.10 Å². The summed E-state index contributed by atoms with van der Waals surface area (Å²) in [7, 11) is 0. The Morgan fingerprint density at radius 1 is 1.44 bits per heavy atom. The van der Waals surface area contributed by atoms with E-state index < -0.39 is 0 Å². The number of benzene rings is 1. The maximum atomic E-state index is 6.07. The van der Waals surface area contributed by atoms with Crippen LogP contribution >= 0.6 is 11.6 Å². The normalized spacial score (nSPS) is 21.4. The van der Waals surface area contributed by atoms with Gasteiger partial charge in [-0.2, -0.15) is 5.10 Å². The number of fused-ring (bicyclic) bond motifs is 1. The van der Waals surface area contributed by atoms with Gasteiger partial charge < -0.3 is 10.1 Å². The molecule has 0 saturated carbocycles. The number of nitrogens with zero attached hydrogens (tertiary/aromatic N) is 1. The number of H-pyrrole nitrogens is 1. The van der Waals surface area contributed by atoms with Gasteiger partial charge in [-0.05, 0) is 6.07 Å². The zero-order valence-corrected chi connectivity index (χ0v) is 9.42. The molecule has 0 radical (unpaired) electrons. The van der Waals surface area contributed by atoms with Crippen LogP contribution < -0.4 is 5.32 Å². The summed E-state index contributed by atoms with van der Waals surface area (Å²) in [5.41, 5.74) is 1.82. The molecule has 0 aliphatic carbocycles. The molecule has 84 valence electrons. The summed E-state index contributed by atoms with van der Waals surface area (Å²) >= 11 is 6.07. The lowest BCUT2D eigenvalue weighted by Gasteiger charge is -2.22. The summed E-state index contributed by atoms with van der Waals surface area (Å²) in [6.07, 6.45) is 0.0391. The van der Waals surface area contributed by atoms with Crippen LogP contribution in [0.2, 0.25) is 5.02 Å². The van der Waals surface area contributed by atoms with E-state index >= 15 is 0 Å². The number of para-hydroxylation sites is 1. The standard InChI is InChI=1S/C11H12ClN3O/c12-8-3-1-2-7-10(8)14-15-11(7)9-6-13-4-5-16-9/h1-3,9,13H,4-6H2,(H,14,15)/t9-/m0/s1. The molecule has 0 bridgehead atoms. The van der Waals surface area contributed by atoms with Crippen molar-refractivity contribution in [3.05, 3.63) is 28.9 Å². The first-order valence-electron chi connectivity index (χ1n) is 5.31. The van der Waals surface area contributed by atoms with Gasteiger partial charge in [0.15, 0.2) is 0 Å². The number of morpholine rings is 1.